The standard InChI is InChI=1S/C28H40O18/c1-12(29)37-10-19-22(23(40-15(4)32)25(42-17(6)34)27(36-9)44-19)46-28(8)26(43-18(7)35)24(41-16(5)33)21(39-14(3)31)20(45-28)11-38-13(2)30/h19-27H,10-11H2,1-9H3/t19-,20-,21-,22-,23+,24+,25-,26-,27+,28-/m1/s1. The molecule has 0 amide bonds. The summed E-state index contributed by atoms with van der Waals surface area (Å²) >= 11 is 0. The van der Waals surface area contributed by atoms with Crippen LogP contribution in [0.15, 0.2) is 0 Å². The fraction of sp³-hybridized carbons (Fsp3) is 0.750. The van der Waals surface area contributed by atoms with E-state index in [9.17, 15) is 33.6 Å². The van der Waals surface area contributed by atoms with Gasteiger partial charge in [0.25, 0.3) is 0 Å². The van der Waals surface area contributed by atoms with Gasteiger partial charge in [0.05, 0.1) is 0 Å². The molecule has 2 aliphatic heterocycles. The largest absolute Gasteiger partial charge is 0.463 e. The fourth-order valence-corrected chi connectivity index (χ4v) is 5.01. The van der Waals surface area contributed by atoms with Crippen LogP contribution < -0.4 is 0 Å². The van der Waals surface area contributed by atoms with Crippen molar-refractivity contribution in [1.29, 1.82) is 0 Å². The molecule has 0 spiro atoms. The third-order valence-electron chi connectivity index (χ3n) is 6.49. The van der Waals surface area contributed by atoms with E-state index < -0.39 is 116 Å². The number of esters is 7. The predicted molar refractivity (Wildman–Crippen MR) is 145 cm³/mol. The van der Waals surface area contributed by atoms with E-state index in [-0.39, 0.29) is 0 Å². The second-order valence-corrected chi connectivity index (χ2v) is 10.5. The van der Waals surface area contributed by atoms with Crippen LogP contribution in [0.25, 0.3) is 0 Å². The Balaban J connectivity index is 2.78. The molecule has 0 aromatic carbocycles. The van der Waals surface area contributed by atoms with E-state index in [0.29, 0.717) is 0 Å². The molecule has 0 radical (unpaired) electrons. The monoisotopic (exact) mass is 664 g/mol. The van der Waals surface area contributed by atoms with Crippen molar-refractivity contribution in [1.82, 2.24) is 0 Å². The maximum atomic E-state index is 12.4. The second kappa shape index (κ2) is 16.6. The van der Waals surface area contributed by atoms with Crippen LogP contribution in [0, 0.1) is 0 Å². The van der Waals surface area contributed by atoms with Gasteiger partial charge in [0.1, 0.15) is 31.5 Å². The maximum Gasteiger partial charge on any atom is 0.303 e. The van der Waals surface area contributed by atoms with Crippen LogP contribution in [-0.2, 0) is 85.7 Å². The van der Waals surface area contributed by atoms with E-state index in [2.05, 4.69) is 0 Å². The molecule has 0 aromatic rings. The van der Waals surface area contributed by atoms with Gasteiger partial charge in [-0.1, -0.05) is 0 Å². The lowest BCUT2D eigenvalue weighted by Gasteiger charge is -2.52. The summed E-state index contributed by atoms with van der Waals surface area (Å²) in [5.41, 5.74) is 0. The molecule has 0 unspecified atom stereocenters. The van der Waals surface area contributed by atoms with Gasteiger partial charge in [-0.25, -0.2) is 0 Å². The zero-order valence-electron chi connectivity index (χ0n) is 27.0. The summed E-state index contributed by atoms with van der Waals surface area (Å²) in [6.07, 6.45) is -13.5. The Hall–Kier alpha value is -3.87. The van der Waals surface area contributed by atoms with Gasteiger partial charge in [0, 0.05) is 55.6 Å². The quantitative estimate of drug-likeness (QED) is 0.192. The van der Waals surface area contributed by atoms with Gasteiger partial charge in [-0.3, -0.25) is 33.6 Å². The van der Waals surface area contributed by atoms with Crippen molar-refractivity contribution in [3.05, 3.63) is 0 Å². The van der Waals surface area contributed by atoms with Gasteiger partial charge < -0.3 is 52.1 Å². The highest BCUT2D eigenvalue weighted by atomic mass is 16.8. The summed E-state index contributed by atoms with van der Waals surface area (Å²) in [5.74, 6) is -8.02. The summed E-state index contributed by atoms with van der Waals surface area (Å²) in [6.45, 7) is 7.68. The Labute approximate surface area is 264 Å². The smallest absolute Gasteiger partial charge is 0.303 e. The molecule has 18 heteroatoms. The molecule has 2 rings (SSSR count). The predicted octanol–water partition coefficient (Wildman–Crippen LogP) is -0.357. The summed E-state index contributed by atoms with van der Waals surface area (Å²) in [5, 5.41) is 0. The van der Waals surface area contributed by atoms with Crippen LogP contribution in [0.3, 0.4) is 0 Å². The van der Waals surface area contributed by atoms with Crippen molar-refractivity contribution in [2.75, 3.05) is 20.3 Å². The molecule has 2 heterocycles. The lowest BCUT2D eigenvalue weighted by Crippen LogP contribution is -2.71. The molecule has 0 aromatic heterocycles. The molecular formula is C28H40O18. The normalized spacial score (nSPS) is 32.2. The highest BCUT2D eigenvalue weighted by Gasteiger charge is 2.62. The molecule has 260 valence electrons. The van der Waals surface area contributed by atoms with Crippen molar-refractivity contribution in [2.45, 2.75) is 116 Å². The minimum Gasteiger partial charge on any atom is -0.463 e. The topological polar surface area (TPSA) is 221 Å². The van der Waals surface area contributed by atoms with Crippen molar-refractivity contribution in [2.24, 2.45) is 0 Å². The molecule has 10 atom stereocenters. The molecule has 46 heavy (non-hydrogen) atoms. The molecule has 2 saturated heterocycles. The van der Waals surface area contributed by atoms with Crippen molar-refractivity contribution >= 4 is 41.8 Å². The van der Waals surface area contributed by atoms with Crippen molar-refractivity contribution in [3.8, 4) is 0 Å². The number of carbonyl (C=O) groups is 7. The summed E-state index contributed by atoms with van der Waals surface area (Å²) in [6, 6.07) is 0. The molecule has 0 saturated carbocycles. The molecule has 2 fully saturated rings. The Kier molecular flexibility index (Phi) is 13.8. The Morgan fingerprint density at radius 2 is 0.978 bits per heavy atom. The van der Waals surface area contributed by atoms with Gasteiger partial charge >= 0.3 is 41.8 Å². The Morgan fingerprint density at radius 3 is 1.43 bits per heavy atom. The summed E-state index contributed by atoms with van der Waals surface area (Å²) in [7, 11) is 1.22. The Bertz CT molecular complexity index is 1150. The first-order chi connectivity index (χ1) is 21.4. The first kappa shape index (κ1) is 38.3. The van der Waals surface area contributed by atoms with E-state index in [1.54, 1.807) is 0 Å². The number of rotatable bonds is 12. The van der Waals surface area contributed by atoms with Crippen molar-refractivity contribution in [3.63, 3.8) is 0 Å². The molecule has 0 N–H and O–H groups in total. The van der Waals surface area contributed by atoms with Crippen LogP contribution in [0.2, 0.25) is 0 Å². The van der Waals surface area contributed by atoms with Crippen LogP contribution >= 0.6 is 0 Å². The second-order valence-electron chi connectivity index (χ2n) is 10.5. The van der Waals surface area contributed by atoms with Gasteiger partial charge in [0.2, 0.25) is 5.79 Å². The lowest BCUT2D eigenvalue weighted by atomic mass is 9.91. The van der Waals surface area contributed by atoms with Crippen LogP contribution in [0.4, 0.5) is 0 Å². The van der Waals surface area contributed by atoms with Gasteiger partial charge in [-0.05, 0) is 6.92 Å². The molecule has 2 aliphatic rings. The molecule has 0 aliphatic carbocycles. The fourth-order valence-electron chi connectivity index (χ4n) is 5.01. The third-order valence-corrected chi connectivity index (χ3v) is 6.49. The minimum absolute atomic E-state index is 0.515. The zero-order chi connectivity index (χ0) is 34.9. The average Bonchev–Trinajstić information content (AvgIpc) is 2.91. The van der Waals surface area contributed by atoms with Crippen LogP contribution in [-0.4, -0.2) is 123 Å². The van der Waals surface area contributed by atoms with E-state index >= 15 is 0 Å². The van der Waals surface area contributed by atoms with Gasteiger partial charge in [0.15, 0.2) is 36.8 Å². The van der Waals surface area contributed by atoms with E-state index in [0.717, 1.165) is 48.5 Å². The highest BCUT2D eigenvalue weighted by Crippen LogP contribution is 2.40. The lowest BCUT2D eigenvalue weighted by molar-refractivity contribution is -0.397. The van der Waals surface area contributed by atoms with E-state index in [1.165, 1.54) is 14.0 Å². The Morgan fingerprint density at radius 1 is 0.543 bits per heavy atom. The number of methoxy groups -OCH3 is 1. The number of ether oxygens (including phenoxy) is 11. The SMILES string of the molecule is CO[C@H]1O[C@H](COC(C)=O)[C@@H](O[C@@]2(C)O[C@H](COC(C)=O)[C@@H](OC(C)=O)[C@H](OC(C)=O)[C@H]2OC(C)=O)[C@H](OC(C)=O)[C@H]1OC(C)=O. The molecular weight excluding hydrogens is 624 g/mol. The minimum atomic E-state index is -2.23. The van der Waals surface area contributed by atoms with Crippen LogP contribution in [0.1, 0.15) is 55.4 Å². The molecule has 0 bridgehead atoms. The van der Waals surface area contributed by atoms with Crippen LogP contribution in [0.5, 0.6) is 0 Å². The van der Waals surface area contributed by atoms with Gasteiger partial charge in [-0.15, -0.1) is 0 Å². The number of hydrogen-bond acceptors (Lipinski definition) is 18. The first-order valence-corrected chi connectivity index (χ1v) is 14.0. The number of carbonyl (C=O) groups excluding carboxylic acids is 7. The first-order valence-electron chi connectivity index (χ1n) is 14.0. The number of hydrogen-bond donors (Lipinski definition) is 0. The third kappa shape index (κ3) is 10.6. The average molecular weight is 665 g/mol. The van der Waals surface area contributed by atoms with Crippen molar-refractivity contribution < 1.29 is 85.7 Å². The summed E-state index contributed by atoms with van der Waals surface area (Å²) in [4.78, 5) is 84.7. The van der Waals surface area contributed by atoms with E-state index in [1.807, 2.05) is 0 Å². The highest BCUT2D eigenvalue weighted by molar-refractivity contribution is 5.69. The maximum absolute atomic E-state index is 12.4. The van der Waals surface area contributed by atoms with E-state index in [4.69, 9.17) is 52.1 Å². The molecule has 18 nitrogen and oxygen atoms in total. The zero-order valence-corrected chi connectivity index (χ0v) is 27.0. The van der Waals surface area contributed by atoms with Gasteiger partial charge in [-0.2, -0.15) is 0 Å². The summed E-state index contributed by atoms with van der Waals surface area (Å²) < 4.78 is 61.4.